The summed E-state index contributed by atoms with van der Waals surface area (Å²) in [5, 5.41) is 3.44. The van der Waals surface area contributed by atoms with E-state index in [1.54, 1.807) is 7.11 Å². The third kappa shape index (κ3) is 2.96. The monoisotopic (exact) mass is 276 g/mol. The molecule has 1 amide bonds. The lowest BCUT2D eigenvalue weighted by molar-refractivity contribution is -0.130. The highest BCUT2D eigenvalue weighted by Crippen LogP contribution is 2.28. The maximum atomic E-state index is 12.4. The maximum absolute atomic E-state index is 12.4. The zero-order valence-electron chi connectivity index (χ0n) is 12.6. The van der Waals surface area contributed by atoms with Gasteiger partial charge in [-0.25, -0.2) is 0 Å². The Bertz CT molecular complexity index is 462. The van der Waals surface area contributed by atoms with Gasteiger partial charge in [-0.2, -0.15) is 0 Å². The fraction of sp³-hybridized carbons (Fsp3) is 0.562. The number of hydrogen-bond acceptors (Lipinski definition) is 3. The lowest BCUT2D eigenvalue weighted by atomic mass is 10.1. The van der Waals surface area contributed by atoms with Gasteiger partial charge < -0.3 is 9.64 Å². The largest absolute Gasteiger partial charge is 0.497 e. The molecule has 2 unspecified atom stereocenters. The summed E-state index contributed by atoms with van der Waals surface area (Å²) in [4.78, 5) is 14.4. The highest BCUT2D eigenvalue weighted by molar-refractivity contribution is 5.84. The van der Waals surface area contributed by atoms with Gasteiger partial charge in [0.15, 0.2) is 0 Å². The van der Waals surface area contributed by atoms with Crippen LogP contribution >= 0.6 is 0 Å². The van der Waals surface area contributed by atoms with Crippen molar-refractivity contribution in [1.82, 2.24) is 10.2 Å². The number of carbonyl (C=O) groups is 1. The summed E-state index contributed by atoms with van der Waals surface area (Å²) >= 11 is 0. The summed E-state index contributed by atoms with van der Waals surface area (Å²) < 4.78 is 5.28. The number of ether oxygens (including phenoxy) is 1. The molecule has 0 aromatic heterocycles. The Morgan fingerprint density at radius 3 is 2.80 bits per heavy atom. The smallest absolute Gasteiger partial charge is 0.241 e. The van der Waals surface area contributed by atoms with Crippen LogP contribution in [0, 0.1) is 0 Å². The van der Waals surface area contributed by atoms with Gasteiger partial charge in [-0.1, -0.05) is 32.4 Å². The molecule has 1 N–H and O–H groups in total. The molecule has 0 aliphatic carbocycles. The number of benzene rings is 1. The second-order valence-electron chi connectivity index (χ2n) is 5.19. The van der Waals surface area contributed by atoms with Gasteiger partial charge in [-0.05, 0) is 30.5 Å². The zero-order valence-corrected chi connectivity index (χ0v) is 12.6. The van der Waals surface area contributed by atoms with E-state index in [1.807, 2.05) is 36.1 Å². The Kier molecular flexibility index (Phi) is 5.01. The number of nitrogens with one attached hydrogen (secondary N) is 1. The van der Waals surface area contributed by atoms with Crippen LogP contribution in [0.5, 0.6) is 5.75 Å². The molecular weight excluding hydrogens is 252 g/mol. The maximum Gasteiger partial charge on any atom is 0.241 e. The molecule has 4 heteroatoms. The van der Waals surface area contributed by atoms with Crippen LogP contribution in [0.2, 0.25) is 0 Å². The van der Waals surface area contributed by atoms with Crippen molar-refractivity contribution in [1.29, 1.82) is 0 Å². The summed E-state index contributed by atoms with van der Waals surface area (Å²) in [6.45, 7) is 4.99. The highest BCUT2D eigenvalue weighted by atomic mass is 16.5. The predicted molar refractivity (Wildman–Crippen MR) is 79.6 cm³/mol. The Morgan fingerprint density at radius 2 is 2.15 bits per heavy atom. The summed E-state index contributed by atoms with van der Waals surface area (Å²) in [7, 11) is 1.66. The topological polar surface area (TPSA) is 41.6 Å². The molecule has 0 spiro atoms. The molecule has 0 bridgehead atoms. The quantitative estimate of drug-likeness (QED) is 0.868. The number of methoxy groups -OCH3 is 1. The molecule has 1 aliphatic heterocycles. The van der Waals surface area contributed by atoms with Crippen molar-refractivity contribution in [3.05, 3.63) is 29.8 Å². The lowest BCUT2D eigenvalue weighted by Crippen LogP contribution is -2.31. The average Bonchev–Trinajstić information content (AvgIpc) is 2.81. The first-order chi connectivity index (χ1) is 9.71. The van der Waals surface area contributed by atoms with E-state index in [-0.39, 0.29) is 18.1 Å². The van der Waals surface area contributed by atoms with Crippen LogP contribution in [-0.4, -0.2) is 30.5 Å². The fourth-order valence-electron chi connectivity index (χ4n) is 2.63. The van der Waals surface area contributed by atoms with Gasteiger partial charge in [0.05, 0.1) is 13.2 Å². The van der Waals surface area contributed by atoms with Crippen molar-refractivity contribution >= 4 is 5.91 Å². The molecule has 1 saturated heterocycles. The first kappa shape index (κ1) is 14.9. The molecule has 1 aromatic rings. The number of amides is 1. The van der Waals surface area contributed by atoms with Crippen molar-refractivity contribution < 1.29 is 9.53 Å². The van der Waals surface area contributed by atoms with E-state index in [0.29, 0.717) is 0 Å². The molecule has 2 atom stereocenters. The van der Waals surface area contributed by atoms with Gasteiger partial charge in [0.2, 0.25) is 5.91 Å². The summed E-state index contributed by atoms with van der Waals surface area (Å²) in [5.41, 5.74) is 1.09. The van der Waals surface area contributed by atoms with Crippen molar-refractivity contribution in [3.63, 3.8) is 0 Å². The van der Waals surface area contributed by atoms with Crippen LogP contribution in [0.1, 0.15) is 44.8 Å². The van der Waals surface area contributed by atoms with E-state index in [2.05, 4.69) is 12.2 Å². The van der Waals surface area contributed by atoms with E-state index in [9.17, 15) is 4.79 Å². The van der Waals surface area contributed by atoms with Gasteiger partial charge in [0, 0.05) is 6.54 Å². The minimum atomic E-state index is -0.0666. The molecule has 1 heterocycles. The third-order valence-corrected chi connectivity index (χ3v) is 3.82. The molecule has 1 fully saturated rings. The van der Waals surface area contributed by atoms with Crippen LogP contribution in [0.3, 0.4) is 0 Å². The highest BCUT2D eigenvalue weighted by Gasteiger charge is 2.38. The van der Waals surface area contributed by atoms with Crippen molar-refractivity contribution in [3.8, 4) is 5.75 Å². The van der Waals surface area contributed by atoms with E-state index in [4.69, 9.17) is 4.74 Å². The molecular formula is C16H24N2O2. The second kappa shape index (κ2) is 6.75. The molecule has 20 heavy (non-hydrogen) atoms. The van der Waals surface area contributed by atoms with Gasteiger partial charge in [-0.3, -0.25) is 10.1 Å². The van der Waals surface area contributed by atoms with Crippen molar-refractivity contribution in [2.24, 2.45) is 0 Å². The molecule has 0 saturated carbocycles. The van der Waals surface area contributed by atoms with Gasteiger partial charge in [-0.15, -0.1) is 0 Å². The van der Waals surface area contributed by atoms with Gasteiger partial charge in [0.1, 0.15) is 11.9 Å². The summed E-state index contributed by atoms with van der Waals surface area (Å²) in [6.07, 6.45) is 2.91. The zero-order chi connectivity index (χ0) is 14.5. The molecule has 1 aliphatic rings. The van der Waals surface area contributed by atoms with Crippen LogP contribution in [0.15, 0.2) is 24.3 Å². The summed E-state index contributed by atoms with van der Waals surface area (Å²) in [5.74, 6) is 1.04. The normalized spacial score (nSPS) is 22.4. The first-order valence-electron chi connectivity index (χ1n) is 7.41. The van der Waals surface area contributed by atoms with E-state index in [1.165, 1.54) is 0 Å². The van der Waals surface area contributed by atoms with E-state index in [0.717, 1.165) is 37.1 Å². The molecule has 1 aromatic carbocycles. The second-order valence-corrected chi connectivity index (χ2v) is 5.19. The lowest BCUT2D eigenvalue weighted by Gasteiger charge is -2.24. The number of rotatable bonds is 6. The summed E-state index contributed by atoms with van der Waals surface area (Å²) in [6, 6.07) is 7.88. The minimum absolute atomic E-state index is 0.0332. The predicted octanol–water partition coefficient (Wildman–Crippen LogP) is 2.70. The molecule has 0 radical (unpaired) electrons. The number of hydrogen-bond donors (Lipinski definition) is 1. The van der Waals surface area contributed by atoms with Crippen molar-refractivity contribution in [2.45, 2.75) is 45.3 Å². The molecule has 2 rings (SSSR count). The number of nitrogens with zero attached hydrogens (tertiary/aromatic N) is 1. The van der Waals surface area contributed by atoms with E-state index >= 15 is 0 Å². The van der Waals surface area contributed by atoms with Gasteiger partial charge in [0.25, 0.3) is 0 Å². The van der Waals surface area contributed by atoms with Crippen LogP contribution in [0.4, 0.5) is 0 Å². The van der Waals surface area contributed by atoms with Crippen LogP contribution in [-0.2, 0) is 4.79 Å². The standard InChI is InChI=1S/C16H24N2O2/c1-4-6-10-18-15(17-14(5-2)16(18)19)12-8-7-9-13(11-12)20-3/h7-9,11,14-15,17H,4-6,10H2,1-3H3. The SMILES string of the molecule is CCCCN1C(=O)C(CC)NC1c1cccc(OC)c1. The van der Waals surface area contributed by atoms with Crippen LogP contribution < -0.4 is 10.1 Å². The fourth-order valence-corrected chi connectivity index (χ4v) is 2.63. The number of unbranched alkanes of at least 4 members (excludes halogenated alkanes) is 1. The third-order valence-electron chi connectivity index (χ3n) is 3.82. The van der Waals surface area contributed by atoms with E-state index < -0.39 is 0 Å². The Balaban J connectivity index is 2.24. The first-order valence-corrected chi connectivity index (χ1v) is 7.41. The Morgan fingerprint density at radius 1 is 1.35 bits per heavy atom. The molecule has 4 nitrogen and oxygen atoms in total. The van der Waals surface area contributed by atoms with Crippen molar-refractivity contribution in [2.75, 3.05) is 13.7 Å². The Labute approximate surface area is 121 Å². The van der Waals surface area contributed by atoms with Crippen LogP contribution in [0.25, 0.3) is 0 Å². The number of carbonyl (C=O) groups excluding carboxylic acids is 1. The Hall–Kier alpha value is -1.55. The molecule has 110 valence electrons. The minimum Gasteiger partial charge on any atom is -0.497 e. The average molecular weight is 276 g/mol. The van der Waals surface area contributed by atoms with Gasteiger partial charge >= 0.3 is 0 Å².